The summed E-state index contributed by atoms with van der Waals surface area (Å²) in [6.45, 7) is 2.21. The molecule has 1 amide bonds. The lowest BCUT2D eigenvalue weighted by atomic mass is 9.86. The normalized spacial score (nSPS) is 22.4. The minimum absolute atomic E-state index is 0.0115. The maximum absolute atomic E-state index is 12.6. The van der Waals surface area contributed by atoms with Gasteiger partial charge in [0, 0.05) is 29.2 Å². The molecular formula is C17H22N2O2. The van der Waals surface area contributed by atoms with Crippen molar-refractivity contribution in [1.82, 2.24) is 10.3 Å². The van der Waals surface area contributed by atoms with Crippen LogP contribution in [0, 0.1) is 12.8 Å². The largest absolute Gasteiger partial charge is 0.396 e. The molecule has 0 bridgehead atoms. The molecule has 0 spiro atoms. The molecule has 1 saturated carbocycles. The molecule has 0 saturated heterocycles. The Morgan fingerprint density at radius 1 is 1.29 bits per heavy atom. The number of fused-ring (bicyclic) bond motifs is 1. The molecular weight excluding hydrogens is 264 g/mol. The topological polar surface area (TPSA) is 65.1 Å². The third-order valence-electron chi connectivity index (χ3n) is 4.56. The third kappa shape index (κ3) is 2.81. The minimum atomic E-state index is 0.0115. The maximum atomic E-state index is 12.6. The van der Waals surface area contributed by atoms with Crippen molar-refractivity contribution in [3.63, 3.8) is 0 Å². The van der Waals surface area contributed by atoms with Gasteiger partial charge in [0.15, 0.2) is 0 Å². The van der Waals surface area contributed by atoms with E-state index in [1.54, 1.807) is 0 Å². The summed E-state index contributed by atoms with van der Waals surface area (Å²) in [6.07, 6.45) is 3.90. The molecule has 1 aromatic carbocycles. The van der Waals surface area contributed by atoms with Crippen molar-refractivity contribution in [1.29, 1.82) is 0 Å². The fourth-order valence-electron chi connectivity index (χ4n) is 3.32. The Balaban J connectivity index is 1.74. The number of carbonyl (C=O) groups excluding carboxylic acids is 1. The van der Waals surface area contributed by atoms with Gasteiger partial charge in [0.1, 0.15) is 0 Å². The summed E-state index contributed by atoms with van der Waals surface area (Å²) >= 11 is 0. The van der Waals surface area contributed by atoms with Crippen LogP contribution in [0.5, 0.6) is 0 Å². The molecule has 1 aliphatic rings. The zero-order valence-corrected chi connectivity index (χ0v) is 12.4. The number of aliphatic hydroxyl groups is 1. The van der Waals surface area contributed by atoms with Crippen LogP contribution >= 0.6 is 0 Å². The van der Waals surface area contributed by atoms with E-state index in [2.05, 4.69) is 10.3 Å². The average Bonchev–Trinajstić information content (AvgIpc) is 2.83. The van der Waals surface area contributed by atoms with Gasteiger partial charge < -0.3 is 15.4 Å². The fourth-order valence-corrected chi connectivity index (χ4v) is 3.32. The van der Waals surface area contributed by atoms with E-state index in [0.29, 0.717) is 5.92 Å². The molecule has 0 radical (unpaired) electrons. The van der Waals surface area contributed by atoms with Gasteiger partial charge in [-0.1, -0.05) is 18.2 Å². The van der Waals surface area contributed by atoms with E-state index in [1.807, 2.05) is 31.2 Å². The van der Waals surface area contributed by atoms with Crippen LogP contribution in [0.3, 0.4) is 0 Å². The summed E-state index contributed by atoms with van der Waals surface area (Å²) in [5, 5.41) is 13.3. The first-order chi connectivity index (χ1) is 10.2. The Morgan fingerprint density at radius 2 is 2.00 bits per heavy atom. The molecule has 4 heteroatoms. The number of rotatable bonds is 3. The Bertz CT molecular complexity index is 639. The third-order valence-corrected chi connectivity index (χ3v) is 4.56. The molecule has 0 atom stereocenters. The number of hydrogen-bond donors (Lipinski definition) is 3. The summed E-state index contributed by atoms with van der Waals surface area (Å²) in [4.78, 5) is 15.8. The summed E-state index contributed by atoms with van der Waals surface area (Å²) in [5.41, 5.74) is 2.68. The van der Waals surface area contributed by atoms with Crippen molar-refractivity contribution >= 4 is 16.8 Å². The zero-order chi connectivity index (χ0) is 14.8. The van der Waals surface area contributed by atoms with Crippen molar-refractivity contribution in [3.05, 3.63) is 35.5 Å². The van der Waals surface area contributed by atoms with Crippen molar-refractivity contribution in [2.45, 2.75) is 38.6 Å². The van der Waals surface area contributed by atoms with Crippen LogP contribution in [0.2, 0.25) is 0 Å². The monoisotopic (exact) mass is 286 g/mol. The number of amides is 1. The first-order valence-corrected chi connectivity index (χ1v) is 7.68. The number of aromatic nitrogens is 1. The number of aliphatic hydroxyl groups excluding tert-OH is 1. The predicted molar refractivity (Wildman–Crippen MR) is 83.3 cm³/mol. The molecule has 1 aromatic heterocycles. The standard InChI is InChI=1S/C17H22N2O2/c1-11-16(14-4-2-3-5-15(14)18-11)17(21)19-13-8-6-12(10-20)7-9-13/h2-5,12-13,18,20H,6-10H2,1H3,(H,19,21). The molecule has 1 aliphatic carbocycles. The number of hydrogen-bond acceptors (Lipinski definition) is 2. The van der Waals surface area contributed by atoms with Crippen LogP contribution in [0.4, 0.5) is 0 Å². The molecule has 3 N–H and O–H groups in total. The van der Waals surface area contributed by atoms with Gasteiger partial charge in [0.2, 0.25) is 0 Å². The van der Waals surface area contributed by atoms with Gasteiger partial charge in [-0.3, -0.25) is 4.79 Å². The van der Waals surface area contributed by atoms with E-state index in [9.17, 15) is 9.90 Å². The zero-order valence-electron chi connectivity index (χ0n) is 12.4. The number of aromatic amines is 1. The van der Waals surface area contributed by atoms with E-state index < -0.39 is 0 Å². The molecule has 1 heterocycles. The van der Waals surface area contributed by atoms with Crippen molar-refractivity contribution in [3.8, 4) is 0 Å². The molecule has 112 valence electrons. The van der Waals surface area contributed by atoms with Crippen LogP contribution in [-0.2, 0) is 0 Å². The van der Waals surface area contributed by atoms with Crippen LogP contribution in [-0.4, -0.2) is 28.6 Å². The van der Waals surface area contributed by atoms with Gasteiger partial charge in [-0.15, -0.1) is 0 Å². The van der Waals surface area contributed by atoms with Gasteiger partial charge in [-0.25, -0.2) is 0 Å². The Hall–Kier alpha value is -1.81. The summed E-state index contributed by atoms with van der Waals surface area (Å²) < 4.78 is 0. The first kappa shape index (κ1) is 14.1. The van der Waals surface area contributed by atoms with Crippen LogP contribution in [0.15, 0.2) is 24.3 Å². The van der Waals surface area contributed by atoms with E-state index in [-0.39, 0.29) is 18.6 Å². The second-order valence-corrected chi connectivity index (χ2v) is 6.04. The molecule has 21 heavy (non-hydrogen) atoms. The van der Waals surface area contributed by atoms with Crippen molar-refractivity contribution in [2.75, 3.05) is 6.61 Å². The van der Waals surface area contributed by atoms with E-state index in [1.165, 1.54) is 0 Å². The van der Waals surface area contributed by atoms with Gasteiger partial charge in [-0.05, 0) is 44.6 Å². The number of para-hydroxylation sites is 1. The smallest absolute Gasteiger partial charge is 0.253 e. The Morgan fingerprint density at radius 3 is 2.71 bits per heavy atom. The maximum Gasteiger partial charge on any atom is 0.253 e. The number of carbonyl (C=O) groups is 1. The van der Waals surface area contributed by atoms with Crippen LogP contribution in [0.25, 0.3) is 10.9 Å². The van der Waals surface area contributed by atoms with E-state index in [4.69, 9.17) is 0 Å². The Kier molecular flexibility index (Phi) is 3.97. The van der Waals surface area contributed by atoms with Crippen LogP contribution in [0.1, 0.15) is 41.7 Å². The number of nitrogens with one attached hydrogen (secondary N) is 2. The lowest BCUT2D eigenvalue weighted by Crippen LogP contribution is -2.38. The summed E-state index contributed by atoms with van der Waals surface area (Å²) in [6, 6.07) is 8.13. The van der Waals surface area contributed by atoms with E-state index >= 15 is 0 Å². The van der Waals surface area contributed by atoms with Gasteiger partial charge >= 0.3 is 0 Å². The first-order valence-electron chi connectivity index (χ1n) is 7.68. The molecule has 0 aliphatic heterocycles. The number of H-pyrrole nitrogens is 1. The molecule has 2 aromatic rings. The molecule has 0 unspecified atom stereocenters. The summed E-state index contributed by atoms with van der Waals surface area (Å²) in [5.74, 6) is 0.422. The second kappa shape index (κ2) is 5.90. The SMILES string of the molecule is Cc1[nH]c2ccccc2c1C(=O)NC1CCC(CO)CC1. The minimum Gasteiger partial charge on any atom is -0.396 e. The van der Waals surface area contributed by atoms with Gasteiger partial charge in [0.25, 0.3) is 5.91 Å². The predicted octanol–water partition coefficient (Wildman–Crippen LogP) is 2.76. The van der Waals surface area contributed by atoms with Gasteiger partial charge in [-0.2, -0.15) is 0 Å². The fraction of sp³-hybridized carbons (Fsp3) is 0.471. The summed E-state index contributed by atoms with van der Waals surface area (Å²) in [7, 11) is 0. The van der Waals surface area contributed by atoms with E-state index in [0.717, 1.165) is 47.8 Å². The Labute approximate surface area is 124 Å². The highest BCUT2D eigenvalue weighted by Crippen LogP contribution is 2.25. The molecule has 4 nitrogen and oxygen atoms in total. The quantitative estimate of drug-likeness (QED) is 0.812. The molecule has 3 rings (SSSR count). The highest BCUT2D eigenvalue weighted by Gasteiger charge is 2.24. The second-order valence-electron chi connectivity index (χ2n) is 6.04. The van der Waals surface area contributed by atoms with Crippen LogP contribution < -0.4 is 5.32 Å². The van der Waals surface area contributed by atoms with Crippen molar-refractivity contribution < 1.29 is 9.90 Å². The number of benzene rings is 1. The number of aryl methyl sites for hydroxylation is 1. The average molecular weight is 286 g/mol. The lowest BCUT2D eigenvalue weighted by Gasteiger charge is -2.28. The molecule has 1 fully saturated rings. The van der Waals surface area contributed by atoms with Gasteiger partial charge in [0.05, 0.1) is 5.56 Å². The lowest BCUT2D eigenvalue weighted by molar-refractivity contribution is 0.0915. The van der Waals surface area contributed by atoms with Crippen molar-refractivity contribution in [2.24, 2.45) is 5.92 Å². The highest BCUT2D eigenvalue weighted by molar-refractivity contribution is 6.08. The highest BCUT2D eigenvalue weighted by atomic mass is 16.3.